The van der Waals surface area contributed by atoms with Crippen LogP contribution in [0.4, 0.5) is 13.2 Å². The van der Waals surface area contributed by atoms with Crippen LogP contribution in [-0.2, 0) is 4.74 Å². The molecule has 0 aromatic heterocycles. The van der Waals surface area contributed by atoms with E-state index in [1.807, 2.05) is 0 Å². The van der Waals surface area contributed by atoms with Crippen LogP contribution in [0, 0.1) is 12.3 Å². The topological polar surface area (TPSA) is 9.23 Å². The van der Waals surface area contributed by atoms with E-state index in [9.17, 15) is 13.2 Å². The second kappa shape index (κ2) is 5.55. The van der Waals surface area contributed by atoms with Crippen LogP contribution >= 0.6 is 0 Å². The van der Waals surface area contributed by atoms with Crippen LogP contribution in [0.3, 0.4) is 0 Å². The van der Waals surface area contributed by atoms with Gasteiger partial charge in [-0.3, -0.25) is 0 Å². The Morgan fingerprint density at radius 2 is 1.94 bits per heavy atom. The van der Waals surface area contributed by atoms with Gasteiger partial charge < -0.3 is 4.74 Å². The minimum absolute atomic E-state index is 0.200. The summed E-state index contributed by atoms with van der Waals surface area (Å²) in [6.45, 7) is 2.84. The number of benzene rings is 1. The summed E-state index contributed by atoms with van der Waals surface area (Å²) in [6, 6.07) is 8.05. The van der Waals surface area contributed by atoms with E-state index in [0.29, 0.717) is 5.56 Å². The van der Waals surface area contributed by atoms with Gasteiger partial charge in [-0.1, -0.05) is 42.8 Å². The third-order valence-electron chi connectivity index (χ3n) is 2.12. The molecule has 1 unspecified atom stereocenters. The van der Waals surface area contributed by atoms with E-state index in [1.165, 1.54) is 12.1 Å². The highest BCUT2D eigenvalue weighted by molar-refractivity contribution is 5.27. The van der Waals surface area contributed by atoms with Crippen LogP contribution in [-0.4, -0.2) is 12.8 Å². The largest absolute Gasteiger partial charge is 0.414 e. The van der Waals surface area contributed by atoms with Gasteiger partial charge in [0.2, 0.25) is 0 Å². The molecule has 0 amide bonds. The molecule has 0 aliphatic rings. The van der Waals surface area contributed by atoms with Crippen LogP contribution < -0.4 is 0 Å². The SMILES string of the molecule is C#CCOC(C(=C)C(F)(F)F)c1ccccc1. The Kier molecular flexibility index (Phi) is 4.36. The summed E-state index contributed by atoms with van der Waals surface area (Å²) in [5.74, 6) is 2.14. The molecule has 0 heterocycles. The Morgan fingerprint density at radius 1 is 1.35 bits per heavy atom. The number of ether oxygens (including phenoxy) is 1. The summed E-state index contributed by atoms with van der Waals surface area (Å²) in [6.07, 6.45) is -0.784. The van der Waals surface area contributed by atoms with E-state index >= 15 is 0 Å². The van der Waals surface area contributed by atoms with Crippen molar-refractivity contribution >= 4 is 0 Å². The summed E-state index contributed by atoms with van der Waals surface area (Å²) in [5, 5.41) is 0. The average molecular weight is 240 g/mol. The van der Waals surface area contributed by atoms with Crippen molar-refractivity contribution in [3.05, 3.63) is 48.0 Å². The van der Waals surface area contributed by atoms with E-state index in [4.69, 9.17) is 11.2 Å². The molecule has 0 fully saturated rings. The van der Waals surface area contributed by atoms with Gasteiger partial charge in [0.15, 0.2) is 0 Å². The van der Waals surface area contributed by atoms with Crippen molar-refractivity contribution in [2.75, 3.05) is 6.61 Å². The Bertz CT molecular complexity index is 415. The average Bonchev–Trinajstić information content (AvgIpc) is 2.29. The molecule has 1 rings (SSSR count). The van der Waals surface area contributed by atoms with Crippen molar-refractivity contribution in [1.82, 2.24) is 0 Å². The third-order valence-corrected chi connectivity index (χ3v) is 2.12. The van der Waals surface area contributed by atoms with E-state index in [1.54, 1.807) is 18.2 Å². The quantitative estimate of drug-likeness (QED) is 0.578. The van der Waals surface area contributed by atoms with E-state index in [0.717, 1.165) is 0 Å². The van der Waals surface area contributed by atoms with Gasteiger partial charge in [-0.25, -0.2) is 0 Å². The van der Waals surface area contributed by atoms with E-state index in [-0.39, 0.29) is 6.61 Å². The molecule has 0 radical (unpaired) electrons. The number of halogens is 3. The summed E-state index contributed by atoms with van der Waals surface area (Å²) in [4.78, 5) is 0. The minimum atomic E-state index is -4.50. The maximum absolute atomic E-state index is 12.6. The molecule has 1 aromatic rings. The first-order valence-corrected chi connectivity index (χ1v) is 4.83. The zero-order valence-electron chi connectivity index (χ0n) is 9.00. The van der Waals surface area contributed by atoms with Gasteiger partial charge in [0.25, 0.3) is 0 Å². The molecule has 0 saturated heterocycles. The second-order valence-corrected chi connectivity index (χ2v) is 3.33. The van der Waals surface area contributed by atoms with Gasteiger partial charge >= 0.3 is 6.18 Å². The number of hydrogen-bond donors (Lipinski definition) is 0. The Labute approximate surface area is 97.9 Å². The lowest BCUT2D eigenvalue weighted by atomic mass is 10.0. The van der Waals surface area contributed by atoms with Gasteiger partial charge in [0.1, 0.15) is 12.7 Å². The molecule has 1 atom stereocenters. The number of alkyl halides is 3. The molecule has 0 N–H and O–H groups in total. The van der Waals surface area contributed by atoms with Crippen molar-refractivity contribution in [2.45, 2.75) is 12.3 Å². The van der Waals surface area contributed by atoms with Gasteiger partial charge in [-0.15, -0.1) is 6.42 Å². The molecule has 90 valence electrons. The van der Waals surface area contributed by atoms with Crippen LogP contribution in [0.1, 0.15) is 11.7 Å². The van der Waals surface area contributed by atoms with Crippen molar-refractivity contribution in [3.63, 3.8) is 0 Å². The highest BCUT2D eigenvalue weighted by Gasteiger charge is 2.38. The fourth-order valence-corrected chi connectivity index (χ4v) is 1.31. The van der Waals surface area contributed by atoms with Crippen molar-refractivity contribution < 1.29 is 17.9 Å². The fraction of sp³-hybridized carbons (Fsp3) is 0.231. The predicted octanol–water partition coefficient (Wildman–Crippen LogP) is 3.50. The Morgan fingerprint density at radius 3 is 2.41 bits per heavy atom. The maximum Gasteiger partial charge on any atom is 0.414 e. The first-order valence-electron chi connectivity index (χ1n) is 4.83. The fourth-order valence-electron chi connectivity index (χ4n) is 1.31. The van der Waals surface area contributed by atoms with Crippen LogP contribution in [0.15, 0.2) is 42.5 Å². The molecule has 0 bridgehead atoms. The molecule has 0 saturated carbocycles. The van der Waals surface area contributed by atoms with Crippen LogP contribution in [0.2, 0.25) is 0 Å². The normalized spacial score (nSPS) is 12.8. The van der Waals surface area contributed by atoms with Crippen molar-refractivity contribution in [2.24, 2.45) is 0 Å². The lowest BCUT2D eigenvalue weighted by molar-refractivity contribution is -0.110. The summed E-state index contributed by atoms with van der Waals surface area (Å²) >= 11 is 0. The monoisotopic (exact) mass is 240 g/mol. The molecule has 1 nitrogen and oxygen atoms in total. The molecule has 1 aromatic carbocycles. The molecule has 0 aliphatic heterocycles. The smallest absolute Gasteiger partial charge is 0.356 e. The lowest BCUT2D eigenvalue weighted by Gasteiger charge is -2.21. The summed E-state index contributed by atoms with van der Waals surface area (Å²) < 4.78 is 42.8. The second-order valence-electron chi connectivity index (χ2n) is 3.33. The number of hydrogen-bond acceptors (Lipinski definition) is 1. The first kappa shape index (κ1) is 13.3. The van der Waals surface area contributed by atoms with E-state index < -0.39 is 17.9 Å². The highest BCUT2D eigenvalue weighted by Crippen LogP contribution is 2.36. The van der Waals surface area contributed by atoms with Gasteiger partial charge in [0, 0.05) is 0 Å². The van der Waals surface area contributed by atoms with Gasteiger partial charge in [-0.05, 0) is 5.56 Å². The van der Waals surface area contributed by atoms with Crippen molar-refractivity contribution in [1.29, 1.82) is 0 Å². The molecule has 0 aliphatic carbocycles. The highest BCUT2D eigenvalue weighted by atomic mass is 19.4. The van der Waals surface area contributed by atoms with E-state index in [2.05, 4.69) is 12.5 Å². The summed E-state index contributed by atoms with van der Waals surface area (Å²) in [5.41, 5.74) is -0.580. The third kappa shape index (κ3) is 3.65. The standard InChI is InChI=1S/C13H11F3O/c1-3-9-17-12(10(2)13(14,15)16)11-7-5-4-6-8-11/h1,4-8,12H,2,9H2. The van der Waals surface area contributed by atoms with Gasteiger partial charge in [-0.2, -0.15) is 13.2 Å². The minimum Gasteiger partial charge on any atom is -0.356 e. The molecule has 17 heavy (non-hydrogen) atoms. The molecular formula is C13H11F3O. The Hall–Kier alpha value is -1.73. The summed E-state index contributed by atoms with van der Waals surface area (Å²) in [7, 11) is 0. The molecule has 4 heteroatoms. The predicted molar refractivity (Wildman–Crippen MR) is 59.2 cm³/mol. The first-order chi connectivity index (χ1) is 7.96. The number of rotatable bonds is 4. The maximum atomic E-state index is 12.6. The lowest BCUT2D eigenvalue weighted by Crippen LogP contribution is -2.20. The van der Waals surface area contributed by atoms with Crippen molar-refractivity contribution in [3.8, 4) is 12.3 Å². The number of terminal acetylenes is 1. The van der Waals surface area contributed by atoms with Crippen LogP contribution in [0.25, 0.3) is 0 Å². The molecule has 0 spiro atoms. The van der Waals surface area contributed by atoms with Gasteiger partial charge in [0.05, 0.1) is 5.57 Å². The molecular weight excluding hydrogens is 229 g/mol. The zero-order chi connectivity index (χ0) is 12.9. The van der Waals surface area contributed by atoms with Crippen LogP contribution in [0.5, 0.6) is 0 Å². The zero-order valence-corrected chi connectivity index (χ0v) is 9.00. The Balaban J connectivity index is 2.97.